The molecule has 0 aromatic heterocycles. The lowest BCUT2D eigenvalue weighted by molar-refractivity contribution is -0.117. The van der Waals surface area contributed by atoms with Gasteiger partial charge in [-0.1, -0.05) is 39.0 Å². The zero-order chi connectivity index (χ0) is 14.5. The van der Waals surface area contributed by atoms with Crippen LogP contribution in [0.15, 0.2) is 36.4 Å². The number of hydrogen-bond donors (Lipinski definition) is 2. The van der Waals surface area contributed by atoms with Crippen LogP contribution in [0.5, 0.6) is 0 Å². The van der Waals surface area contributed by atoms with Crippen molar-refractivity contribution in [1.29, 1.82) is 0 Å². The molecule has 0 aliphatic carbocycles. The summed E-state index contributed by atoms with van der Waals surface area (Å²) in [5.41, 5.74) is 0.508. The molecule has 0 heterocycles. The van der Waals surface area contributed by atoms with Gasteiger partial charge in [-0.2, -0.15) is 0 Å². The summed E-state index contributed by atoms with van der Waals surface area (Å²) < 4.78 is 12.7. The molecule has 1 unspecified atom stereocenters. The van der Waals surface area contributed by atoms with Gasteiger partial charge in [-0.05, 0) is 29.2 Å². The molecule has 0 fully saturated rings. The fourth-order valence-electron chi connectivity index (χ4n) is 1.38. The Hall–Kier alpha value is -1.68. The average Bonchev–Trinajstić information content (AvgIpc) is 2.33. The van der Waals surface area contributed by atoms with E-state index < -0.39 is 6.10 Å². The van der Waals surface area contributed by atoms with Crippen molar-refractivity contribution in [3.05, 3.63) is 47.8 Å². The van der Waals surface area contributed by atoms with Crippen molar-refractivity contribution >= 4 is 5.91 Å². The van der Waals surface area contributed by atoms with E-state index in [4.69, 9.17) is 0 Å². The lowest BCUT2D eigenvalue weighted by atomic mass is 9.96. The first kappa shape index (κ1) is 15.4. The van der Waals surface area contributed by atoms with Gasteiger partial charge in [-0.15, -0.1) is 0 Å². The highest BCUT2D eigenvalue weighted by Gasteiger charge is 2.09. The Bertz CT molecular complexity index is 446. The van der Waals surface area contributed by atoms with Crippen molar-refractivity contribution in [2.45, 2.75) is 26.9 Å². The van der Waals surface area contributed by atoms with Crippen LogP contribution in [0.25, 0.3) is 0 Å². The van der Waals surface area contributed by atoms with Gasteiger partial charge < -0.3 is 10.4 Å². The highest BCUT2D eigenvalue weighted by atomic mass is 19.1. The Morgan fingerprint density at radius 1 is 1.37 bits per heavy atom. The standard InChI is InChI=1S/C15H20FNO2/c1-15(2,3)9-8-14(19)17-10-13(18)11-4-6-12(16)7-5-11/h4-9,13,18H,10H2,1-3H3,(H,17,19)/b9-8+. The summed E-state index contributed by atoms with van der Waals surface area (Å²) in [7, 11) is 0. The van der Waals surface area contributed by atoms with Crippen LogP contribution in [0.2, 0.25) is 0 Å². The summed E-state index contributed by atoms with van der Waals surface area (Å²) in [6.07, 6.45) is 2.41. The van der Waals surface area contributed by atoms with E-state index in [-0.39, 0.29) is 23.7 Å². The number of halogens is 1. The Kier molecular flexibility index (Phi) is 5.24. The third-order valence-corrected chi connectivity index (χ3v) is 2.46. The second-order valence-corrected chi connectivity index (χ2v) is 5.51. The van der Waals surface area contributed by atoms with E-state index in [1.54, 1.807) is 6.08 Å². The zero-order valence-corrected chi connectivity index (χ0v) is 11.5. The molecule has 19 heavy (non-hydrogen) atoms. The predicted molar refractivity (Wildman–Crippen MR) is 73.0 cm³/mol. The van der Waals surface area contributed by atoms with Crippen LogP contribution < -0.4 is 5.32 Å². The molecule has 3 nitrogen and oxygen atoms in total. The van der Waals surface area contributed by atoms with E-state index in [0.29, 0.717) is 5.56 Å². The fraction of sp³-hybridized carbons (Fsp3) is 0.400. The Labute approximate surface area is 113 Å². The summed E-state index contributed by atoms with van der Waals surface area (Å²) in [5.74, 6) is -0.607. The summed E-state index contributed by atoms with van der Waals surface area (Å²) >= 11 is 0. The third-order valence-electron chi connectivity index (χ3n) is 2.46. The molecule has 104 valence electrons. The van der Waals surface area contributed by atoms with Gasteiger partial charge in [0.15, 0.2) is 0 Å². The number of nitrogens with one attached hydrogen (secondary N) is 1. The zero-order valence-electron chi connectivity index (χ0n) is 11.5. The number of aliphatic hydroxyl groups excluding tert-OH is 1. The normalized spacial score (nSPS) is 13.5. The van der Waals surface area contributed by atoms with Crippen molar-refractivity contribution < 1.29 is 14.3 Å². The molecular formula is C15H20FNO2. The van der Waals surface area contributed by atoms with E-state index in [0.717, 1.165) is 0 Å². The van der Waals surface area contributed by atoms with E-state index in [1.807, 2.05) is 20.8 Å². The number of allylic oxidation sites excluding steroid dienone is 1. The first-order valence-corrected chi connectivity index (χ1v) is 6.18. The van der Waals surface area contributed by atoms with E-state index in [9.17, 15) is 14.3 Å². The molecule has 1 aromatic carbocycles. The molecule has 2 N–H and O–H groups in total. The van der Waals surface area contributed by atoms with Gasteiger partial charge in [0.1, 0.15) is 5.82 Å². The van der Waals surface area contributed by atoms with E-state index in [2.05, 4.69) is 5.32 Å². The van der Waals surface area contributed by atoms with Crippen LogP contribution in [-0.2, 0) is 4.79 Å². The molecule has 4 heteroatoms. The van der Waals surface area contributed by atoms with Gasteiger partial charge in [0, 0.05) is 6.54 Å². The highest BCUT2D eigenvalue weighted by Crippen LogP contribution is 2.14. The minimum absolute atomic E-state index is 0.0626. The van der Waals surface area contributed by atoms with Crippen molar-refractivity contribution in [1.82, 2.24) is 5.32 Å². The maximum absolute atomic E-state index is 12.7. The van der Waals surface area contributed by atoms with Crippen LogP contribution in [0.1, 0.15) is 32.4 Å². The van der Waals surface area contributed by atoms with Crippen LogP contribution in [0.3, 0.4) is 0 Å². The summed E-state index contributed by atoms with van der Waals surface area (Å²) in [6.45, 7) is 6.07. The van der Waals surface area contributed by atoms with Gasteiger partial charge in [-0.25, -0.2) is 4.39 Å². The van der Waals surface area contributed by atoms with Crippen molar-refractivity contribution in [3.8, 4) is 0 Å². The molecular weight excluding hydrogens is 245 g/mol. The van der Waals surface area contributed by atoms with Crippen molar-refractivity contribution in [2.24, 2.45) is 5.41 Å². The maximum atomic E-state index is 12.7. The smallest absolute Gasteiger partial charge is 0.243 e. The molecule has 1 rings (SSSR count). The Balaban J connectivity index is 2.46. The van der Waals surface area contributed by atoms with Crippen LogP contribution >= 0.6 is 0 Å². The second kappa shape index (κ2) is 6.48. The van der Waals surface area contributed by atoms with Crippen LogP contribution in [0, 0.1) is 11.2 Å². The number of carbonyl (C=O) groups is 1. The van der Waals surface area contributed by atoms with Crippen LogP contribution in [-0.4, -0.2) is 17.6 Å². The Morgan fingerprint density at radius 2 is 1.95 bits per heavy atom. The minimum atomic E-state index is -0.840. The van der Waals surface area contributed by atoms with E-state index >= 15 is 0 Å². The summed E-state index contributed by atoms with van der Waals surface area (Å²) in [6, 6.07) is 5.55. The first-order valence-electron chi connectivity index (χ1n) is 6.18. The number of amides is 1. The van der Waals surface area contributed by atoms with Gasteiger partial charge in [-0.3, -0.25) is 4.79 Å². The molecule has 0 aliphatic rings. The molecule has 0 bridgehead atoms. The summed E-state index contributed by atoms with van der Waals surface area (Å²) in [4.78, 5) is 11.5. The number of aliphatic hydroxyl groups is 1. The van der Waals surface area contributed by atoms with Crippen molar-refractivity contribution in [3.63, 3.8) is 0 Å². The highest BCUT2D eigenvalue weighted by molar-refractivity contribution is 5.87. The first-order chi connectivity index (χ1) is 8.78. The molecule has 0 saturated carbocycles. The molecule has 1 amide bonds. The van der Waals surface area contributed by atoms with Gasteiger partial charge in [0.25, 0.3) is 0 Å². The lowest BCUT2D eigenvalue weighted by Crippen LogP contribution is -2.27. The van der Waals surface area contributed by atoms with Gasteiger partial charge in [0.05, 0.1) is 6.10 Å². The SMILES string of the molecule is CC(C)(C)/C=C/C(=O)NCC(O)c1ccc(F)cc1. The Morgan fingerprint density at radius 3 is 2.47 bits per heavy atom. The molecule has 0 radical (unpaired) electrons. The van der Waals surface area contributed by atoms with Gasteiger partial charge >= 0.3 is 0 Å². The molecule has 0 aliphatic heterocycles. The fourth-order valence-corrected chi connectivity index (χ4v) is 1.38. The average molecular weight is 265 g/mol. The molecule has 0 spiro atoms. The van der Waals surface area contributed by atoms with Crippen LogP contribution in [0.4, 0.5) is 4.39 Å². The monoisotopic (exact) mass is 265 g/mol. The lowest BCUT2D eigenvalue weighted by Gasteiger charge is -2.13. The minimum Gasteiger partial charge on any atom is -0.387 e. The van der Waals surface area contributed by atoms with E-state index in [1.165, 1.54) is 30.3 Å². The number of hydrogen-bond acceptors (Lipinski definition) is 2. The van der Waals surface area contributed by atoms with Crippen molar-refractivity contribution in [2.75, 3.05) is 6.54 Å². The maximum Gasteiger partial charge on any atom is 0.243 e. The topological polar surface area (TPSA) is 49.3 Å². The number of benzene rings is 1. The largest absolute Gasteiger partial charge is 0.387 e. The number of rotatable bonds is 4. The molecule has 1 atom stereocenters. The molecule has 1 aromatic rings. The molecule has 0 saturated heterocycles. The van der Waals surface area contributed by atoms with Gasteiger partial charge in [0.2, 0.25) is 5.91 Å². The number of carbonyl (C=O) groups excluding carboxylic acids is 1. The second-order valence-electron chi connectivity index (χ2n) is 5.51. The summed E-state index contributed by atoms with van der Waals surface area (Å²) in [5, 5.41) is 12.4. The predicted octanol–water partition coefficient (Wildman–Crippen LogP) is 2.58. The third kappa shape index (κ3) is 6.15. The quantitative estimate of drug-likeness (QED) is 0.822.